The number of hydrogen-bond acceptors (Lipinski definition) is 2. The Labute approximate surface area is 108 Å². The molecule has 18 heavy (non-hydrogen) atoms. The summed E-state index contributed by atoms with van der Waals surface area (Å²) in [4.78, 5) is 2.22. The first kappa shape index (κ1) is 13.3. The molecular formula is C15H22FNO. The van der Waals surface area contributed by atoms with Gasteiger partial charge in [0.05, 0.1) is 6.61 Å². The van der Waals surface area contributed by atoms with E-state index in [0.29, 0.717) is 17.5 Å². The van der Waals surface area contributed by atoms with Gasteiger partial charge in [0.2, 0.25) is 0 Å². The van der Waals surface area contributed by atoms with E-state index in [4.69, 9.17) is 0 Å². The molecule has 0 aromatic heterocycles. The van der Waals surface area contributed by atoms with Crippen LogP contribution < -0.4 is 4.90 Å². The molecule has 3 heteroatoms. The van der Waals surface area contributed by atoms with Crippen molar-refractivity contribution in [1.82, 2.24) is 0 Å². The van der Waals surface area contributed by atoms with E-state index in [1.807, 2.05) is 0 Å². The molecule has 1 N–H and O–H groups in total. The summed E-state index contributed by atoms with van der Waals surface area (Å²) in [6.07, 6.45) is 5.00. The van der Waals surface area contributed by atoms with E-state index in [0.717, 1.165) is 5.69 Å². The molecule has 0 bridgehead atoms. The van der Waals surface area contributed by atoms with E-state index in [1.165, 1.54) is 37.8 Å². The standard InChI is InChI=1S/C15H22FNO/c1-11-5-3-4-6-14(11)17(2)15-8-7-13(16)9-12(15)10-18/h7-9,11,14,18H,3-6,10H2,1-2H3. The van der Waals surface area contributed by atoms with Gasteiger partial charge in [0.1, 0.15) is 5.82 Å². The number of halogens is 1. The first-order chi connectivity index (χ1) is 8.63. The molecule has 1 aromatic rings. The Balaban J connectivity index is 2.24. The Morgan fingerprint density at radius 2 is 2.06 bits per heavy atom. The van der Waals surface area contributed by atoms with Crippen molar-refractivity contribution in [1.29, 1.82) is 0 Å². The third kappa shape index (κ3) is 2.66. The Bertz CT molecular complexity index is 407. The number of nitrogens with zero attached hydrogens (tertiary/aromatic N) is 1. The number of anilines is 1. The summed E-state index contributed by atoms with van der Waals surface area (Å²) in [7, 11) is 2.05. The smallest absolute Gasteiger partial charge is 0.123 e. The second-order valence-electron chi connectivity index (χ2n) is 5.37. The van der Waals surface area contributed by atoms with Crippen LogP contribution in [0.5, 0.6) is 0 Å². The lowest BCUT2D eigenvalue weighted by Gasteiger charge is -2.38. The van der Waals surface area contributed by atoms with Crippen molar-refractivity contribution in [2.24, 2.45) is 5.92 Å². The van der Waals surface area contributed by atoms with Crippen LogP contribution in [0.2, 0.25) is 0 Å². The molecule has 1 aromatic carbocycles. The van der Waals surface area contributed by atoms with E-state index in [-0.39, 0.29) is 12.4 Å². The van der Waals surface area contributed by atoms with Gasteiger partial charge in [0.15, 0.2) is 0 Å². The third-order valence-corrected chi connectivity index (χ3v) is 4.16. The highest BCUT2D eigenvalue weighted by Gasteiger charge is 2.26. The SMILES string of the molecule is CC1CCCCC1N(C)c1ccc(F)cc1CO. The summed E-state index contributed by atoms with van der Waals surface area (Å²) < 4.78 is 13.2. The maximum Gasteiger partial charge on any atom is 0.123 e. The van der Waals surface area contributed by atoms with Crippen molar-refractivity contribution in [3.63, 3.8) is 0 Å². The molecule has 2 rings (SSSR count). The molecule has 100 valence electrons. The maximum atomic E-state index is 13.2. The van der Waals surface area contributed by atoms with Gasteiger partial charge < -0.3 is 10.0 Å². The minimum absolute atomic E-state index is 0.113. The summed E-state index contributed by atoms with van der Waals surface area (Å²) in [5, 5.41) is 9.36. The number of aliphatic hydroxyl groups is 1. The predicted octanol–water partition coefficient (Wildman–Crippen LogP) is 3.33. The summed E-state index contributed by atoms with van der Waals surface area (Å²) in [5.41, 5.74) is 1.63. The first-order valence-corrected chi connectivity index (χ1v) is 6.75. The fourth-order valence-corrected chi connectivity index (χ4v) is 3.08. The molecule has 2 atom stereocenters. The molecular weight excluding hydrogens is 229 g/mol. The quantitative estimate of drug-likeness (QED) is 0.890. The minimum atomic E-state index is -0.284. The van der Waals surface area contributed by atoms with Crippen molar-refractivity contribution in [3.8, 4) is 0 Å². The van der Waals surface area contributed by atoms with Crippen LogP contribution in [0.3, 0.4) is 0 Å². The molecule has 2 nitrogen and oxygen atoms in total. The molecule has 1 saturated carbocycles. The van der Waals surface area contributed by atoms with E-state index >= 15 is 0 Å². The van der Waals surface area contributed by atoms with E-state index < -0.39 is 0 Å². The van der Waals surface area contributed by atoms with Gasteiger partial charge in [-0.15, -0.1) is 0 Å². The van der Waals surface area contributed by atoms with Crippen LogP contribution in [0.15, 0.2) is 18.2 Å². The lowest BCUT2D eigenvalue weighted by atomic mass is 9.84. The van der Waals surface area contributed by atoms with Crippen LogP contribution in [-0.4, -0.2) is 18.2 Å². The largest absolute Gasteiger partial charge is 0.392 e. The Kier molecular flexibility index (Phi) is 4.23. The van der Waals surface area contributed by atoms with Crippen LogP contribution >= 0.6 is 0 Å². The zero-order valence-corrected chi connectivity index (χ0v) is 11.2. The molecule has 1 aliphatic rings. The summed E-state index contributed by atoms with van der Waals surface area (Å²) in [6, 6.07) is 5.18. The summed E-state index contributed by atoms with van der Waals surface area (Å²) >= 11 is 0. The first-order valence-electron chi connectivity index (χ1n) is 6.75. The molecule has 0 heterocycles. The normalized spacial score (nSPS) is 24.0. The van der Waals surface area contributed by atoms with Crippen molar-refractivity contribution >= 4 is 5.69 Å². The van der Waals surface area contributed by atoms with Gasteiger partial charge in [-0.3, -0.25) is 0 Å². The van der Waals surface area contributed by atoms with E-state index in [9.17, 15) is 9.50 Å². The molecule has 0 amide bonds. The lowest BCUT2D eigenvalue weighted by molar-refractivity contribution is 0.279. The average Bonchev–Trinajstić information content (AvgIpc) is 2.38. The van der Waals surface area contributed by atoms with Crippen LogP contribution in [0.4, 0.5) is 10.1 Å². The Hall–Kier alpha value is -1.09. The van der Waals surface area contributed by atoms with Gasteiger partial charge in [-0.1, -0.05) is 19.8 Å². The number of rotatable bonds is 3. The van der Waals surface area contributed by atoms with Gasteiger partial charge in [0.25, 0.3) is 0 Å². The molecule has 0 spiro atoms. The van der Waals surface area contributed by atoms with E-state index in [2.05, 4.69) is 18.9 Å². The van der Waals surface area contributed by atoms with Gasteiger partial charge in [-0.25, -0.2) is 4.39 Å². The van der Waals surface area contributed by atoms with Crippen LogP contribution in [0.25, 0.3) is 0 Å². The summed E-state index contributed by atoms with van der Waals surface area (Å²) in [5.74, 6) is 0.369. The van der Waals surface area contributed by atoms with E-state index in [1.54, 1.807) is 6.07 Å². The average molecular weight is 251 g/mol. The topological polar surface area (TPSA) is 23.5 Å². The molecule has 1 fully saturated rings. The van der Waals surface area contributed by atoms with Crippen LogP contribution in [0, 0.1) is 11.7 Å². The fraction of sp³-hybridized carbons (Fsp3) is 0.600. The highest BCUT2D eigenvalue weighted by molar-refractivity contribution is 5.54. The Morgan fingerprint density at radius 3 is 2.72 bits per heavy atom. The second-order valence-corrected chi connectivity index (χ2v) is 5.37. The maximum absolute atomic E-state index is 13.2. The third-order valence-electron chi connectivity index (χ3n) is 4.16. The molecule has 0 saturated heterocycles. The second kappa shape index (κ2) is 5.70. The zero-order valence-electron chi connectivity index (χ0n) is 11.2. The monoisotopic (exact) mass is 251 g/mol. The van der Waals surface area contributed by atoms with Crippen molar-refractivity contribution in [2.45, 2.75) is 45.3 Å². The van der Waals surface area contributed by atoms with Gasteiger partial charge >= 0.3 is 0 Å². The highest BCUT2D eigenvalue weighted by atomic mass is 19.1. The Morgan fingerprint density at radius 1 is 1.33 bits per heavy atom. The fourth-order valence-electron chi connectivity index (χ4n) is 3.08. The molecule has 0 aliphatic heterocycles. The molecule has 0 radical (unpaired) electrons. The van der Waals surface area contributed by atoms with Gasteiger partial charge in [-0.2, -0.15) is 0 Å². The number of hydrogen-bond donors (Lipinski definition) is 1. The van der Waals surface area contributed by atoms with Crippen LogP contribution in [0.1, 0.15) is 38.2 Å². The predicted molar refractivity (Wildman–Crippen MR) is 72.1 cm³/mol. The summed E-state index contributed by atoms with van der Waals surface area (Å²) in [6.45, 7) is 2.17. The lowest BCUT2D eigenvalue weighted by Crippen LogP contribution is -2.39. The van der Waals surface area contributed by atoms with Crippen LogP contribution in [-0.2, 0) is 6.61 Å². The van der Waals surface area contributed by atoms with Gasteiger partial charge in [-0.05, 0) is 37.0 Å². The van der Waals surface area contributed by atoms with Gasteiger partial charge in [0, 0.05) is 24.3 Å². The highest BCUT2D eigenvalue weighted by Crippen LogP contribution is 2.32. The van der Waals surface area contributed by atoms with Crippen molar-refractivity contribution in [2.75, 3.05) is 11.9 Å². The number of aliphatic hydroxyl groups excluding tert-OH is 1. The van der Waals surface area contributed by atoms with Crippen molar-refractivity contribution < 1.29 is 9.50 Å². The zero-order chi connectivity index (χ0) is 13.1. The molecule has 1 aliphatic carbocycles. The minimum Gasteiger partial charge on any atom is -0.392 e. The number of benzene rings is 1. The molecule has 2 unspecified atom stereocenters. The van der Waals surface area contributed by atoms with Crippen molar-refractivity contribution in [3.05, 3.63) is 29.6 Å².